The molecule has 28 heavy (non-hydrogen) atoms. The zero-order valence-electron chi connectivity index (χ0n) is 14.6. The van der Waals surface area contributed by atoms with E-state index in [2.05, 4.69) is 20.6 Å². The van der Waals surface area contributed by atoms with E-state index in [-0.39, 0.29) is 11.5 Å². The Bertz CT molecular complexity index is 1120. The molecule has 0 bridgehead atoms. The fraction of sp³-hybridized carbons (Fsp3) is 0.0526. The fourth-order valence-electron chi connectivity index (χ4n) is 2.77. The average molecular weight is 414 g/mol. The van der Waals surface area contributed by atoms with Crippen molar-refractivity contribution in [1.29, 1.82) is 0 Å². The van der Waals surface area contributed by atoms with Crippen molar-refractivity contribution in [1.82, 2.24) is 19.9 Å². The smallest absolute Gasteiger partial charge is 0.261 e. The summed E-state index contributed by atoms with van der Waals surface area (Å²) in [7, 11) is 0. The predicted molar refractivity (Wildman–Crippen MR) is 106 cm³/mol. The Balaban J connectivity index is 1.64. The quantitative estimate of drug-likeness (QED) is 0.519. The lowest BCUT2D eigenvalue weighted by Gasteiger charge is -2.08. The molecule has 0 spiro atoms. The van der Waals surface area contributed by atoms with Crippen molar-refractivity contribution in [2.75, 3.05) is 5.32 Å². The zero-order valence-corrected chi connectivity index (χ0v) is 16.1. The van der Waals surface area contributed by atoms with Gasteiger partial charge in [0.1, 0.15) is 29.7 Å². The molecule has 2 aromatic heterocycles. The van der Waals surface area contributed by atoms with Crippen molar-refractivity contribution in [3.8, 4) is 16.9 Å². The van der Waals surface area contributed by atoms with Gasteiger partial charge >= 0.3 is 0 Å². The minimum Gasteiger partial charge on any atom is -0.360 e. The molecule has 0 radical (unpaired) electrons. The van der Waals surface area contributed by atoms with E-state index in [0.717, 1.165) is 5.69 Å². The van der Waals surface area contributed by atoms with E-state index in [9.17, 15) is 4.79 Å². The molecule has 4 rings (SSSR count). The van der Waals surface area contributed by atoms with Crippen LogP contribution in [-0.2, 0) is 0 Å². The van der Waals surface area contributed by atoms with Crippen LogP contribution in [-0.4, -0.2) is 25.8 Å². The molecular weight excluding hydrogens is 401 g/mol. The van der Waals surface area contributed by atoms with E-state index in [1.54, 1.807) is 48.3 Å². The Morgan fingerprint density at radius 1 is 1.11 bits per heavy atom. The van der Waals surface area contributed by atoms with Gasteiger partial charge in [0.2, 0.25) is 0 Å². The molecule has 1 N–H and O–H groups in total. The van der Waals surface area contributed by atoms with Gasteiger partial charge in [0, 0.05) is 11.3 Å². The number of anilines is 1. The Morgan fingerprint density at radius 3 is 2.46 bits per heavy atom. The highest BCUT2D eigenvalue weighted by Crippen LogP contribution is 2.37. The number of aryl methyl sites for hydroxylation is 1. The van der Waals surface area contributed by atoms with Crippen LogP contribution in [0.5, 0.6) is 0 Å². The van der Waals surface area contributed by atoms with Gasteiger partial charge in [-0.25, -0.2) is 9.67 Å². The third-order valence-corrected chi connectivity index (χ3v) is 4.73. The Morgan fingerprint density at radius 2 is 1.82 bits per heavy atom. The van der Waals surface area contributed by atoms with Crippen molar-refractivity contribution in [2.24, 2.45) is 0 Å². The maximum atomic E-state index is 12.9. The van der Waals surface area contributed by atoms with Gasteiger partial charge in [-0.2, -0.15) is 5.10 Å². The zero-order chi connectivity index (χ0) is 19.7. The molecule has 0 unspecified atom stereocenters. The van der Waals surface area contributed by atoms with Crippen LogP contribution in [0.25, 0.3) is 16.9 Å². The maximum absolute atomic E-state index is 12.9. The average Bonchev–Trinajstić information content (AvgIpc) is 3.33. The molecule has 0 atom stereocenters. The highest BCUT2D eigenvalue weighted by molar-refractivity contribution is 6.39. The van der Waals surface area contributed by atoms with Gasteiger partial charge in [-0.15, -0.1) is 0 Å². The summed E-state index contributed by atoms with van der Waals surface area (Å²) in [6.07, 6.45) is 3.04. The van der Waals surface area contributed by atoms with Crippen LogP contribution >= 0.6 is 23.2 Å². The number of aromatic nitrogens is 4. The predicted octanol–water partition coefficient (Wildman–Crippen LogP) is 4.79. The number of hydrogen-bond acceptors (Lipinski definition) is 5. The molecule has 2 heterocycles. The van der Waals surface area contributed by atoms with Crippen molar-refractivity contribution in [2.45, 2.75) is 6.92 Å². The summed E-state index contributed by atoms with van der Waals surface area (Å²) in [5.41, 5.74) is 2.44. The summed E-state index contributed by atoms with van der Waals surface area (Å²) in [5, 5.41) is 11.7. The molecule has 0 fully saturated rings. The van der Waals surface area contributed by atoms with Crippen molar-refractivity contribution in [3.63, 3.8) is 0 Å². The Labute approximate surface area is 169 Å². The van der Waals surface area contributed by atoms with Gasteiger partial charge in [-0.05, 0) is 43.3 Å². The highest BCUT2D eigenvalue weighted by atomic mass is 35.5. The van der Waals surface area contributed by atoms with Crippen LogP contribution in [0.1, 0.15) is 16.1 Å². The fourth-order valence-corrected chi connectivity index (χ4v) is 3.34. The third-order valence-electron chi connectivity index (χ3n) is 4.10. The van der Waals surface area contributed by atoms with Crippen LogP contribution in [0, 0.1) is 6.92 Å². The van der Waals surface area contributed by atoms with Crippen LogP contribution in [0.3, 0.4) is 0 Å². The maximum Gasteiger partial charge on any atom is 0.261 e. The van der Waals surface area contributed by atoms with E-state index >= 15 is 0 Å². The number of benzene rings is 2. The van der Waals surface area contributed by atoms with Gasteiger partial charge in [-0.3, -0.25) is 4.79 Å². The van der Waals surface area contributed by atoms with Crippen LogP contribution < -0.4 is 5.32 Å². The lowest BCUT2D eigenvalue weighted by molar-refractivity contribution is 0.102. The molecule has 7 nitrogen and oxygen atoms in total. The van der Waals surface area contributed by atoms with E-state index in [0.29, 0.717) is 32.8 Å². The molecule has 0 aliphatic carbocycles. The standard InChI is InChI=1S/C19H13Cl2N5O2/c1-11-16(18(25-28-11)17-14(20)3-2-4-15(17)21)19(27)24-12-5-7-13(8-6-12)26-10-22-9-23-26/h2-10H,1H3,(H,24,27). The number of carbonyl (C=O) groups excluding carboxylic acids is 1. The normalized spacial score (nSPS) is 10.8. The Hall–Kier alpha value is -3.16. The molecule has 1 amide bonds. The molecule has 9 heteroatoms. The number of rotatable bonds is 4. The minimum atomic E-state index is -0.377. The first-order valence-electron chi connectivity index (χ1n) is 8.21. The van der Waals surface area contributed by atoms with E-state index in [4.69, 9.17) is 27.7 Å². The van der Waals surface area contributed by atoms with Crippen molar-refractivity contribution < 1.29 is 9.32 Å². The molecule has 140 valence electrons. The molecular formula is C19H13Cl2N5O2. The molecule has 0 aliphatic heterocycles. The number of hydrogen-bond donors (Lipinski definition) is 1. The topological polar surface area (TPSA) is 85.8 Å². The van der Waals surface area contributed by atoms with Gasteiger partial charge in [0.25, 0.3) is 5.91 Å². The number of nitrogens with one attached hydrogen (secondary N) is 1. The first-order chi connectivity index (χ1) is 13.5. The number of nitrogens with zero attached hydrogens (tertiary/aromatic N) is 4. The summed E-state index contributed by atoms with van der Waals surface area (Å²) in [6.45, 7) is 1.66. The van der Waals surface area contributed by atoms with E-state index in [1.165, 1.54) is 6.33 Å². The summed E-state index contributed by atoms with van der Waals surface area (Å²) in [5.74, 6) is -0.0130. The third kappa shape index (κ3) is 3.37. The molecule has 0 saturated carbocycles. The molecule has 0 aliphatic rings. The second kappa shape index (κ2) is 7.46. The van der Waals surface area contributed by atoms with Gasteiger partial charge in [0.05, 0.1) is 15.7 Å². The van der Waals surface area contributed by atoms with Crippen molar-refractivity contribution >= 4 is 34.8 Å². The first kappa shape index (κ1) is 18.2. The first-order valence-corrected chi connectivity index (χ1v) is 8.97. The lowest BCUT2D eigenvalue weighted by atomic mass is 10.1. The second-order valence-electron chi connectivity index (χ2n) is 5.90. The van der Waals surface area contributed by atoms with E-state index < -0.39 is 0 Å². The van der Waals surface area contributed by atoms with Crippen LogP contribution in [0.15, 0.2) is 59.6 Å². The molecule has 4 aromatic rings. The van der Waals surface area contributed by atoms with Gasteiger partial charge in [0.15, 0.2) is 0 Å². The van der Waals surface area contributed by atoms with Crippen LogP contribution in [0.4, 0.5) is 5.69 Å². The minimum absolute atomic E-state index is 0.273. The van der Waals surface area contributed by atoms with Crippen LogP contribution in [0.2, 0.25) is 10.0 Å². The number of halogens is 2. The summed E-state index contributed by atoms with van der Waals surface area (Å²) >= 11 is 12.5. The lowest BCUT2D eigenvalue weighted by Crippen LogP contribution is -2.13. The van der Waals surface area contributed by atoms with Gasteiger partial charge < -0.3 is 9.84 Å². The van der Waals surface area contributed by atoms with Gasteiger partial charge in [-0.1, -0.05) is 34.4 Å². The van der Waals surface area contributed by atoms with E-state index in [1.807, 2.05) is 12.1 Å². The molecule has 0 saturated heterocycles. The van der Waals surface area contributed by atoms with Crippen molar-refractivity contribution in [3.05, 3.63) is 76.5 Å². The monoisotopic (exact) mass is 413 g/mol. The number of carbonyl (C=O) groups is 1. The largest absolute Gasteiger partial charge is 0.360 e. The summed E-state index contributed by atoms with van der Waals surface area (Å²) < 4.78 is 6.86. The summed E-state index contributed by atoms with van der Waals surface area (Å²) in [6, 6.07) is 12.2. The molecule has 2 aromatic carbocycles. The number of amides is 1. The SMILES string of the molecule is Cc1onc(-c2c(Cl)cccc2Cl)c1C(=O)Nc1ccc(-n2cncn2)cc1. The summed E-state index contributed by atoms with van der Waals surface area (Å²) in [4.78, 5) is 16.8. The second-order valence-corrected chi connectivity index (χ2v) is 6.71. The Kier molecular flexibility index (Phi) is 4.85. The highest BCUT2D eigenvalue weighted by Gasteiger charge is 2.25.